The molecule has 3 atom stereocenters. The molecule has 1 N–H and O–H groups in total. The number of nitrogens with zero attached hydrogens (tertiary/aromatic N) is 1. The molecule has 22 heavy (non-hydrogen) atoms. The Labute approximate surface area is 130 Å². The minimum Gasteiger partial charge on any atom is -0.479 e. The van der Waals surface area contributed by atoms with Crippen LogP contribution in [0.3, 0.4) is 0 Å². The van der Waals surface area contributed by atoms with Crippen LogP contribution in [0.15, 0.2) is 0 Å². The number of alkyl halides is 1. The zero-order valence-electron chi connectivity index (χ0n) is 13.2. The van der Waals surface area contributed by atoms with Crippen molar-refractivity contribution in [2.75, 3.05) is 13.1 Å². The maximum atomic E-state index is 13.6. The summed E-state index contributed by atoms with van der Waals surface area (Å²) in [6.07, 6.45) is 4.28. The number of halogens is 1. The van der Waals surface area contributed by atoms with Gasteiger partial charge in [0, 0.05) is 19.0 Å². The SMILES string of the molecule is CCC(OC1CCCCC1)C(=O)N1CCC(C(F)C(=O)O)C1. The van der Waals surface area contributed by atoms with Gasteiger partial charge in [-0.2, -0.15) is 0 Å². The largest absolute Gasteiger partial charge is 0.479 e. The molecule has 1 aliphatic heterocycles. The number of carbonyl (C=O) groups is 2. The van der Waals surface area contributed by atoms with Crippen molar-refractivity contribution in [3.8, 4) is 0 Å². The number of amides is 1. The van der Waals surface area contributed by atoms with Crippen LogP contribution < -0.4 is 0 Å². The van der Waals surface area contributed by atoms with Crippen molar-refractivity contribution in [2.24, 2.45) is 5.92 Å². The summed E-state index contributed by atoms with van der Waals surface area (Å²) in [7, 11) is 0. The Balaban J connectivity index is 1.87. The van der Waals surface area contributed by atoms with Crippen molar-refractivity contribution in [1.29, 1.82) is 0 Å². The number of hydrogen-bond donors (Lipinski definition) is 1. The molecule has 2 aliphatic rings. The highest BCUT2D eigenvalue weighted by molar-refractivity contribution is 5.81. The van der Waals surface area contributed by atoms with E-state index in [4.69, 9.17) is 9.84 Å². The van der Waals surface area contributed by atoms with E-state index in [9.17, 15) is 14.0 Å². The first-order valence-corrected chi connectivity index (χ1v) is 8.34. The van der Waals surface area contributed by atoms with E-state index >= 15 is 0 Å². The summed E-state index contributed by atoms with van der Waals surface area (Å²) in [5.41, 5.74) is 0. The van der Waals surface area contributed by atoms with Crippen LogP contribution in [-0.2, 0) is 14.3 Å². The van der Waals surface area contributed by atoms with Crippen LogP contribution in [0, 0.1) is 5.92 Å². The van der Waals surface area contributed by atoms with Crippen LogP contribution in [0.1, 0.15) is 51.9 Å². The lowest BCUT2D eigenvalue weighted by atomic mass is 9.97. The van der Waals surface area contributed by atoms with Gasteiger partial charge in [-0.15, -0.1) is 0 Å². The van der Waals surface area contributed by atoms with Gasteiger partial charge in [-0.25, -0.2) is 9.18 Å². The number of likely N-dealkylation sites (tertiary alicyclic amines) is 1. The Morgan fingerprint density at radius 3 is 2.55 bits per heavy atom. The third-order valence-electron chi connectivity index (χ3n) is 4.74. The third-order valence-corrected chi connectivity index (χ3v) is 4.74. The van der Waals surface area contributed by atoms with E-state index in [0.29, 0.717) is 19.4 Å². The van der Waals surface area contributed by atoms with Gasteiger partial charge in [0.25, 0.3) is 5.91 Å². The van der Waals surface area contributed by atoms with E-state index in [-0.39, 0.29) is 18.6 Å². The second-order valence-electron chi connectivity index (χ2n) is 6.37. The quantitative estimate of drug-likeness (QED) is 0.817. The number of aliphatic carboxylic acids is 1. The van der Waals surface area contributed by atoms with Gasteiger partial charge in [0.2, 0.25) is 6.17 Å². The first-order chi connectivity index (χ1) is 10.5. The van der Waals surface area contributed by atoms with Gasteiger partial charge in [0.05, 0.1) is 6.10 Å². The smallest absolute Gasteiger partial charge is 0.338 e. The Hall–Kier alpha value is -1.17. The summed E-state index contributed by atoms with van der Waals surface area (Å²) in [6, 6.07) is 0. The average Bonchev–Trinajstić information content (AvgIpc) is 3.02. The minimum absolute atomic E-state index is 0.117. The summed E-state index contributed by atoms with van der Waals surface area (Å²) in [6.45, 7) is 2.51. The predicted molar refractivity (Wildman–Crippen MR) is 79.3 cm³/mol. The molecular formula is C16H26FNO4. The number of rotatable bonds is 6. The van der Waals surface area contributed by atoms with Crippen LogP contribution in [0.25, 0.3) is 0 Å². The predicted octanol–water partition coefficient (Wildman–Crippen LogP) is 2.39. The van der Waals surface area contributed by atoms with E-state index in [1.807, 2.05) is 6.92 Å². The molecule has 0 radical (unpaired) electrons. The van der Waals surface area contributed by atoms with Crippen LogP contribution in [0.5, 0.6) is 0 Å². The van der Waals surface area contributed by atoms with E-state index in [0.717, 1.165) is 25.7 Å². The molecule has 5 nitrogen and oxygen atoms in total. The number of carboxylic acids is 1. The zero-order chi connectivity index (χ0) is 16.1. The van der Waals surface area contributed by atoms with Crippen LogP contribution in [0.4, 0.5) is 4.39 Å². The van der Waals surface area contributed by atoms with Crippen LogP contribution >= 0.6 is 0 Å². The Kier molecular flexibility index (Phi) is 6.17. The maximum absolute atomic E-state index is 13.6. The van der Waals surface area contributed by atoms with E-state index < -0.39 is 24.2 Å². The first-order valence-electron chi connectivity index (χ1n) is 8.34. The number of hydrogen-bond acceptors (Lipinski definition) is 3. The normalized spacial score (nSPS) is 25.9. The summed E-state index contributed by atoms with van der Waals surface area (Å²) in [5.74, 6) is -2.16. The van der Waals surface area contributed by atoms with Gasteiger partial charge in [0.1, 0.15) is 6.10 Å². The lowest BCUT2D eigenvalue weighted by molar-refractivity contribution is -0.149. The molecule has 1 saturated carbocycles. The van der Waals surface area contributed by atoms with Gasteiger partial charge in [-0.1, -0.05) is 26.2 Å². The number of carboxylic acid groups (broad SMARTS) is 1. The van der Waals surface area contributed by atoms with Crippen molar-refractivity contribution < 1.29 is 23.8 Å². The fraction of sp³-hybridized carbons (Fsp3) is 0.875. The molecule has 3 unspecified atom stereocenters. The molecule has 2 fully saturated rings. The van der Waals surface area contributed by atoms with Crippen LogP contribution in [-0.4, -0.2) is 53.4 Å². The Morgan fingerprint density at radius 1 is 1.27 bits per heavy atom. The minimum atomic E-state index is -1.89. The average molecular weight is 315 g/mol. The van der Waals surface area contributed by atoms with Crippen LogP contribution in [0.2, 0.25) is 0 Å². The lowest BCUT2D eigenvalue weighted by Gasteiger charge is -2.29. The molecule has 0 aromatic heterocycles. The molecule has 2 rings (SSSR count). The summed E-state index contributed by atoms with van der Waals surface area (Å²) in [4.78, 5) is 24.8. The van der Waals surface area contributed by atoms with E-state index in [1.54, 1.807) is 4.90 Å². The second-order valence-corrected chi connectivity index (χ2v) is 6.37. The number of ether oxygens (including phenoxy) is 1. The molecule has 1 saturated heterocycles. The van der Waals surface area contributed by atoms with Crippen molar-refractivity contribution >= 4 is 11.9 Å². The molecule has 1 aliphatic carbocycles. The Morgan fingerprint density at radius 2 is 1.95 bits per heavy atom. The van der Waals surface area contributed by atoms with Gasteiger partial charge >= 0.3 is 5.97 Å². The summed E-state index contributed by atoms with van der Waals surface area (Å²) < 4.78 is 19.5. The van der Waals surface area contributed by atoms with Crippen molar-refractivity contribution in [2.45, 2.75) is 70.2 Å². The lowest BCUT2D eigenvalue weighted by Crippen LogP contribution is -2.41. The molecule has 1 heterocycles. The maximum Gasteiger partial charge on any atom is 0.338 e. The molecule has 126 valence electrons. The van der Waals surface area contributed by atoms with Crippen molar-refractivity contribution in [1.82, 2.24) is 4.90 Å². The van der Waals surface area contributed by atoms with E-state index in [1.165, 1.54) is 6.42 Å². The molecule has 0 bridgehead atoms. The number of carbonyl (C=O) groups excluding carboxylic acids is 1. The standard InChI is InChI=1S/C16H26FNO4/c1-2-13(22-12-6-4-3-5-7-12)15(19)18-9-8-11(10-18)14(17)16(20)21/h11-14H,2-10H2,1H3,(H,20,21). The molecular weight excluding hydrogens is 289 g/mol. The van der Waals surface area contributed by atoms with Crippen molar-refractivity contribution in [3.63, 3.8) is 0 Å². The summed E-state index contributed by atoms with van der Waals surface area (Å²) in [5, 5.41) is 8.74. The Bertz CT molecular complexity index is 398. The van der Waals surface area contributed by atoms with Gasteiger partial charge in [-0.05, 0) is 25.7 Å². The van der Waals surface area contributed by atoms with Gasteiger partial charge in [-0.3, -0.25) is 4.79 Å². The summed E-state index contributed by atoms with van der Waals surface area (Å²) >= 11 is 0. The zero-order valence-corrected chi connectivity index (χ0v) is 13.2. The van der Waals surface area contributed by atoms with Gasteiger partial charge in [0.15, 0.2) is 0 Å². The molecule has 0 spiro atoms. The third kappa shape index (κ3) is 4.18. The molecule has 0 aromatic carbocycles. The monoisotopic (exact) mass is 315 g/mol. The van der Waals surface area contributed by atoms with Gasteiger partial charge < -0.3 is 14.7 Å². The second kappa shape index (κ2) is 7.90. The fourth-order valence-electron chi connectivity index (χ4n) is 3.39. The highest BCUT2D eigenvalue weighted by Gasteiger charge is 2.38. The van der Waals surface area contributed by atoms with Crippen molar-refractivity contribution in [3.05, 3.63) is 0 Å². The molecule has 0 aromatic rings. The first kappa shape index (κ1) is 17.2. The van der Waals surface area contributed by atoms with E-state index in [2.05, 4.69) is 0 Å². The highest BCUT2D eigenvalue weighted by atomic mass is 19.1. The topological polar surface area (TPSA) is 66.8 Å². The molecule has 6 heteroatoms. The molecule has 1 amide bonds. The fourth-order valence-corrected chi connectivity index (χ4v) is 3.39. The highest BCUT2D eigenvalue weighted by Crippen LogP contribution is 2.26.